The van der Waals surface area contributed by atoms with Gasteiger partial charge in [0.25, 0.3) is 0 Å². The van der Waals surface area contributed by atoms with Gasteiger partial charge in [-0.15, -0.1) is 0 Å². The number of hydrogen-bond acceptors (Lipinski definition) is 2. The van der Waals surface area contributed by atoms with E-state index in [-0.39, 0.29) is 5.91 Å². The Kier molecular flexibility index (Phi) is 4.99. The molecule has 1 saturated carbocycles. The summed E-state index contributed by atoms with van der Waals surface area (Å²) in [4.78, 5) is 14.5. The van der Waals surface area contributed by atoms with E-state index in [0.717, 1.165) is 32.2 Å². The molecule has 0 N–H and O–H groups in total. The molecule has 1 aliphatic carbocycles. The molecule has 0 spiro atoms. The molecule has 0 heterocycles. The third-order valence-corrected chi connectivity index (χ3v) is 3.83. The second-order valence-electron chi connectivity index (χ2n) is 4.98. The first-order chi connectivity index (χ1) is 8.15. The monoisotopic (exact) mass is 236 g/mol. The lowest BCUT2D eigenvalue weighted by molar-refractivity contribution is -0.140. The van der Waals surface area contributed by atoms with Crippen molar-refractivity contribution in [1.29, 1.82) is 5.26 Å². The van der Waals surface area contributed by atoms with Crippen molar-refractivity contribution in [2.24, 2.45) is 5.41 Å². The standard InChI is InChI=1S/C14H24N2O/c1-4-7-10-16(12-8-9-12)13(17)14(5-2,6-3)11-15/h12H,4-10H2,1-3H3. The topological polar surface area (TPSA) is 44.1 Å². The van der Waals surface area contributed by atoms with E-state index in [0.29, 0.717) is 18.9 Å². The highest BCUT2D eigenvalue weighted by Gasteiger charge is 2.43. The number of amides is 1. The van der Waals surface area contributed by atoms with Gasteiger partial charge in [0.2, 0.25) is 5.91 Å². The highest BCUT2D eigenvalue weighted by Crippen LogP contribution is 2.34. The summed E-state index contributed by atoms with van der Waals surface area (Å²) in [6, 6.07) is 2.68. The zero-order valence-corrected chi connectivity index (χ0v) is 11.3. The van der Waals surface area contributed by atoms with Crippen LogP contribution in [0, 0.1) is 16.7 Å². The van der Waals surface area contributed by atoms with Gasteiger partial charge in [0.15, 0.2) is 0 Å². The van der Waals surface area contributed by atoms with Crippen molar-refractivity contribution in [2.75, 3.05) is 6.54 Å². The summed E-state index contributed by atoms with van der Waals surface area (Å²) in [6.07, 6.45) is 5.60. The minimum absolute atomic E-state index is 0.0703. The number of carbonyl (C=O) groups is 1. The molecule has 1 rings (SSSR count). The summed E-state index contributed by atoms with van der Waals surface area (Å²) >= 11 is 0. The Labute approximate surface area is 105 Å². The van der Waals surface area contributed by atoms with E-state index in [4.69, 9.17) is 0 Å². The first kappa shape index (κ1) is 14.0. The van der Waals surface area contributed by atoms with Crippen LogP contribution in [0.25, 0.3) is 0 Å². The molecule has 0 atom stereocenters. The van der Waals surface area contributed by atoms with Gasteiger partial charge in [-0.25, -0.2) is 0 Å². The first-order valence-electron chi connectivity index (χ1n) is 6.87. The minimum Gasteiger partial charge on any atom is -0.338 e. The molecular formula is C14H24N2O. The van der Waals surface area contributed by atoms with Crippen LogP contribution in [0.5, 0.6) is 0 Å². The average molecular weight is 236 g/mol. The van der Waals surface area contributed by atoms with Crippen molar-refractivity contribution in [3.05, 3.63) is 0 Å². The maximum atomic E-state index is 12.5. The second-order valence-corrected chi connectivity index (χ2v) is 4.98. The van der Waals surface area contributed by atoms with Gasteiger partial charge in [-0.1, -0.05) is 27.2 Å². The minimum atomic E-state index is -0.781. The fraction of sp³-hybridized carbons (Fsp3) is 0.857. The van der Waals surface area contributed by atoms with Gasteiger partial charge < -0.3 is 4.90 Å². The number of unbranched alkanes of at least 4 members (excludes halogenated alkanes) is 1. The molecule has 0 saturated heterocycles. The maximum absolute atomic E-state index is 12.5. The van der Waals surface area contributed by atoms with Crippen LogP contribution in [0.3, 0.4) is 0 Å². The molecule has 0 unspecified atom stereocenters. The zero-order chi connectivity index (χ0) is 12.9. The first-order valence-corrected chi connectivity index (χ1v) is 6.87. The summed E-state index contributed by atoms with van der Waals surface area (Å²) in [5, 5.41) is 9.33. The van der Waals surface area contributed by atoms with Gasteiger partial charge >= 0.3 is 0 Å². The highest BCUT2D eigenvalue weighted by atomic mass is 16.2. The molecule has 1 fully saturated rings. The van der Waals surface area contributed by atoms with Crippen LogP contribution in [0.15, 0.2) is 0 Å². The number of nitriles is 1. The molecular weight excluding hydrogens is 212 g/mol. The average Bonchev–Trinajstić information content (AvgIpc) is 3.17. The van der Waals surface area contributed by atoms with Crippen molar-refractivity contribution in [3.63, 3.8) is 0 Å². The molecule has 17 heavy (non-hydrogen) atoms. The number of carbonyl (C=O) groups excluding carboxylic acids is 1. The van der Waals surface area contributed by atoms with Crippen LogP contribution in [0.4, 0.5) is 0 Å². The molecule has 1 amide bonds. The Morgan fingerprint density at radius 1 is 1.35 bits per heavy atom. The summed E-state index contributed by atoms with van der Waals surface area (Å²) in [6.45, 7) is 6.83. The molecule has 0 bridgehead atoms. The molecule has 0 aromatic heterocycles. The molecule has 3 heteroatoms. The molecule has 0 aromatic rings. The Hall–Kier alpha value is -1.04. The lowest BCUT2D eigenvalue weighted by Gasteiger charge is -2.31. The van der Waals surface area contributed by atoms with E-state index in [9.17, 15) is 10.1 Å². The van der Waals surface area contributed by atoms with Crippen molar-refractivity contribution in [2.45, 2.75) is 65.3 Å². The number of rotatable bonds is 7. The van der Waals surface area contributed by atoms with Crippen LogP contribution in [0.1, 0.15) is 59.3 Å². The largest absolute Gasteiger partial charge is 0.338 e. The van der Waals surface area contributed by atoms with E-state index in [1.165, 1.54) is 0 Å². The lowest BCUT2D eigenvalue weighted by atomic mass is 9.82. The van der Waals surface area contributed by atoms with Gasteiger partial charge in [0, 0.05) is 12.6 Å². The van der Waals surface area contributed by atoms with Crippen LogP contribution in [-0.2, 0) is 4.79 Å². The molecule has 0 aromatic carbocycles. The van der Waals surface area contributed by atoms with Gasteiger partial charge in [-0.2, -0.15) is 5.26 Å². The highest BCUT2D eigenvalue weighted by molar-refractivity contribution is 5.86. The van der Waals surface area contributed by atoms with Crippen molar-refractivity contribution < 1.29 is 4.79 Å². The summed E-state index contributed by atoms with van der Waals surface area (Å²) in [7, 11) is 0. The third-order valence-electron chi connectivity index (χ3n) is 3.83. The van der Waals surface area contributed by atoms with E-state index < -0.39 is 5.41 Å². The van der Waals surface area contributed by atoms with Crippen molar-refractivity contribution in [1.82, 2.24) is 4.90 Å². The lowest BCUT2D eigenvalue weighted by Crippen LogP contribution is -2.44. The maximum Gasteiger partial charge on any atom is 0.243 e. The summed E-state index contributed by atoms with van der Waals surface area (Å²) in [5.41, 5.74) is -0.781. The number of nitrogens with zero attached hydrogens (tertiary/aromatic N) is 2. The fourth-order valence-corrected chi connectivity index (χ4v) is 2.20. The SMILES string of the molecule is CCCCN(C(=O)C(C#N)(CC)CC)C1CC1. The van der Waals surface area contributed by atoms with Crippen molar-refractivity contribution >= 4 is 5.91 Å². The smallest absolute Gasteiger partial charge is 0.243 e. The van der Waals surface area contributed by atoms with E-state index in [1.807, 2.05) is 18.7 Å². The summed E-state index contributed by atoms with van der Waals surface area (Å²) < 4.78 is 0. The van der Waals surface area contributed by atoms with E-state index in [1.54, 1.807) is 0 Å². The Bertz CT molecular complexity index is 298. The molecule has 96 valence electrons. The molecule has 3 nitrogen and oxygen atoms in total. The molecule has 0 aliphatic heterocycles. The van der Waals surface area contributed by atoms with E-state index >= 15 is 0 Å². The summed E-state index contributed by atoms with van der Waals surface area (Å²) in [5.74, 6) is 0.0703. The van der Waals surface area contributed by atoms with Gasteiger partial charge in [0.1, 0.15) is 5.41 Å². The van der Waals surface area contributed by atoms with Crippen LogP contribution < -0.4 is 0 Å². The van der Waals surface area contributed by atoms with Gasteiger partial charge in [-0.3, -0.25) is 4.79 Å². The Balaban J connectivity index is 2.78. The third kappa shape index (κ3) is 3.00. The predicted molar refractivity (Wildman–Crippen MR) is 68.3 cm³/mol. The fourth-order valence-electron chi connectivity index (χ4n) is 2.20. The van der Waals surface area contributed by atoms with Crippen LogP contribution >= 0.6 is 0 Å². The zero-order valence-electron chi connectivity index (χ0n) is 11.3. The van der Waals surface area contributed by atoms with Crippen LogP contribution in [0.2, 0.25) is 0 Å². The Morgan fingerprint density at radius 2 is 1.94 bits per heavy atom. The molecule has 0 radical (unpaired) electrons. The quantitative estimate of drug-likeness (QED) is 0.681. The number of hydrogen-bond donors (Lipinski definition) is 0. The van der Waals surface area contributed by atoms with E-state index in [2.05, 4.69) is 13.0 Å². The Morgan fingerprint density at radius 3 is 2.29 bits per heavy atom. The van der Waals surface area contributed by atoms with Crippen molar-refractivity contribution in [3.8, 4) is 6.07 Å². The van der Waals surface area contributed by atoms with Gasteiger partial charge in [0.05, 0.1) is 6.07 Å². The molecule has 1 aliphatic rings. The predicted octanol–water partition coefficient (Wildman–Crippen LogP) is 3.11. The second kappa shape index (κ2) is 6.05. The normalized spacial score (nSPS) is 15.4. The van der Waals surface area contributed by atoms with Gasteiger partial charge in [-0.05, 0) is 32.1 Å². The van der Waals surface area contributed by atoms with Crippen LogP contribution in [-0.4, -0.2) is 23.4 Å².